The second-order valence-corrected chi connectivity index (χ2v) is 4.13. The van der Waals surface area contributed by atoms with E-state index in [2.05, 4.69) is 11.4 Å². The zero-order chi connectivity index (χ0) is 10.1. The summed E-state index contributed by atoms with van der Waals surface area (Å²) in [4.78, 5) is 0. The summed E-state index contributed by atoms with van der Waals surface area (Å²) in [5, 5.41) is 13.1. The van der Waals surface area contributed by atoms with E-state index < -0.39 is 0 Å². The Kier molecular flexibility index (Phi) is 2.46. The highest BCUT2D eigenvalue weighted by atomic mass is 16.3. The number of aryl methyl sites for hydroxylation is 1. The van der Waals surface area contributed by atoms with Crippen LogP contribution in [0.3, 0.4) is 0 Å². The predicted molar refractivity (Wildman–Crippen MR) is 57.6 cm³/mol. The molecule has 1 unspecified atom stereocenters. The average Bonchev–Trinajstić information content (AvgIpc) is 2.66. The molecule has 1 aliphatic heterocycles. The van der Waals surface area contributed by atoms with Crippen molar-refractivity contribution in [2.24, 2.45) is 0 Å². The first-order valence-corrected chi connectivity index (χ1v) is 5.22. The molecular formula is C12H17NO. The number of hydrogen-bond donors (Lipinski definition) is 2. The normalized spacial score (nSPS) is 21.4. The number of hydrogen-bond acceptors (Lipinski definition) is 2. The maximum Gasteiger partial charge on any atom is 0.119 e. The van der Waals surface area contributed by atoms with Crippen molar-refractivity contribution in [1.82, 2.24) is 5.32 Å². The first-order valence-electron chi connectivity index (χ1n) is 5.22. The third kappa shape index (κ3) is 1.62. The van der Waals surface area contributed by atoms with Crippen molar-refractivity contribution < 1.29 is 5.11 Å². The molecule has 0 spiro atoms. The summed E-state index contributed by atoms with van der Waals surface area (Å²) in [6.07, 6.45) is 2.42. The third-order valence-corrected chi connectivity index (χ3v) is 3.12. The first-order chi connectivity index (χ1) is 6.68. The smallest absolute Gasteiger partial charge is 0.119 e. The average molecular weight is 191 g/mol. The largest absolute Gasteiger partial charge is 0.508 e. The van der Waals surface area contributed by atoms with Crippen LogP contribution in [0.5, 0.6) is 5.75 Å². The van der Waals surface area contributed by atoms with Crippen molar-refractivity contribution in [1.29, 1.82) is 0 Å². The van der Waals surface area contributed by atoms with E-state index in [0.29, 0.717) is 11.8 Å². The lowest BCUT2D eigenvalue weighted by Gasteiger charge is -2.13. The molecule has 1 heterocycles. The van der Waals surface area contributed by atoms with Gasteiger partial charge in [-0.1, -0.05) is 6.07 Å². The van der Waals surface area contributed by atoms with Crippen molar-refractivity contribution in [2.45, 2.75) is 32.7 Å². The molecule has 0 aromatic heterocycles. The van der Waals surface area contributed by atoms with Gasteiger partial charge in [-0.25, -0.2) is 0 Å². The molecule has 0 radical (unpaired) electrons. The molecule has 1 aromatic rings. The summed E-state index contributed by atoms with van der Waals surface area (Å²) < 4.78 is 0. The van der Waals surface area contributed by atoms with E-state index in [4.69, 9.17) is 0 Å². The van der Waals surface area contributed by atoms with Crippen LogP contribution in [0.1, 0.15) is 35.6 Å². The van der Waals surface area contributed by atoms with Gasteiger partial charge in [-0.3, -0.25) is 0 Å². The highest BCUT2D eigenvalue weighted by Crippen LogP contribution is 2.29. The van der Waals surface area contributed by atoms with E-state index in [9.17, 15) is 5.11 Å². The lowest BCUT2D eigenvalue weighted by molar-refractivity contribution is 0.468. The second-order valence-electron chi connectivity index (χ2n) is 4.13. The lowest BCUT2D eigenvalue weighted by atomic mass is 9.99. The molecule has 1 atom stereocenters. The SMILES string of the molecule is Cc1cc(C2CCCN2)cc(O)c1C. The topological polar surface area (TPSA) is 32.3 Å². The lowest BCUT2D eigenvalue weighted by Crippen LogP contribution is -2.12. The van der Waals surface area contributed by atoms with E-state index in [0.717, 1.165) is 12.1 Å². The quantitative estimate of drug-likeness (QED) is 0.714. The van der Waals surface area contributed by atoms with Gasteiger partial charge in [0.1, 0.15) is 5.75 Å². The van der Waals surface area contributed by atoms with E-state index in [-0.39, 0.29) is 0 Å². The molecule has 0 aliphatic carbocycles. The summed E-state index contributed by atoms with van der Waals surface area (Å²) in [5.41, 5.74) is 3.39. The highest BCUT2D eigenvalue weighted by Gasteiger charge is 2.17. The fraction of sp³-hybridized carbons (Fsp3) is 0.500. The maximum absolute atomic E-state index is 9.71. The minimum Gasteiger partial charge on any atom is -0.508 e. The fourth-order valence-corrected chi connectivity index (χ4v) is 2.04. The van der Waals surface area contributed by atoms with Gasteiger partial charge in [0.15, 0.2) is 0 Å². The standard InChI is InChI=1S/C12H17NO/c1-8-6-10(7-12(14)9(8)2)11-4-3-5-13-11/h6-7,11,13-14H,3-5H2,1-2H3. The molecule has 1 aromatic carbocycles. The Hall–Kier alpha value is -1.02. The van der Waals surface area contributed by atoms with Crippen molar-refractivity contribution in [3.63, 3.8) is 0 Å². The number of rotatable bonds is 1. The first kappa shape index (κ1) is 9.53. The molecule has 2 heteroatoms. The van der Waals surface area contributed by atoms with Crippen molar-refractivity contribution in [3.8, 4) is 5.75 Å². The second kappa shape index (κ2) is 3.62. The van der Waals surface area contributed by atoms with Gasteiger partial charge in [0.05, 0.1) is 0 Å². The summed E-state index contributed by atoms with van der Waals surface area (Å²) >= 11 is 0. The monoisotopic (exact) mass is 191 g/mol. The molecule has 1 fully saturated rings. The summed E-state index contributed by atoms with van der Waals surface area (Å²) in [6.45, 7) is 5.10. The number of benzene rings is 1. The highest BCUT2D eigenvalue weighted by molar-refractivity contribution is 5.42. The van der Waals surface area contributed by atoms with Crippen molar-refractivity contribution in [3.05, 3.63) is 28.8 Å². The van der Waals surface area contributed by atoms with Crippen LogP contribution in [0.2, 0.25) is 0 Å². The van der Waals surface area contributed by atoms with E-state index >= 15 is 0 Å². The van der Waals surface area contributed by atoms with Gasteiger partial charge in [0, 0.05) is 6.04 Å². The summed E-state index contributed by atoms with van der Waals surface area (Å²) in [7, 11) is 0. The molecule has 76 valence electrons. The molecular weight excluding hydrogens is 174 g/mol. The number of aromatic hydroxyl groups is 1. The Morgan fingerprint density at radius 1 is 1.36 bits per heavy atom. The molecule has 2 rings (SSSR count). The zero-order valence-corrected chi connectivity index (χ0v) is 8.80. The molecule has 1 saturated heterocycles. The van der Waals surface area contributed by atoms with E-state index in [1.807, 2.05) is 19.9 Å². The van der Waals surface area contributed by atoms with Gasteiger partial charge < -0.3 is 10.4 Å². The van der Waals surface area contributed by atoms with Crippen molar-refractivity contribution >= 4 is 0 Å². The molecule has 0 amide bonds. The van der Waals surface area contributed by atoms with E-state index in [1.165, 1.54) is 24.0 Å². The summed E-state index contributed by atoms with van der Waals surface area (Å²) in [6, 6.07) is 4.52. The van der Waals surface area contributed by atoms with Crippen LogP contribution < -0.4 is 5.32 Å². The number of nitrogens with one attached hydrogen (secondary N) is 1. The Bertz CT molecular complexity index is 317. The summed E-state index contributed by atoms with van der Waals surface area (Å²) in [5.74, 6) is 0.425. The minimum atomic E-state index is 0.425. The van der Waals surface area contributed by atoms with Gasteiger partial charge in [0.25, 0.3) is 0 Å². The van der Waals surface area contributed by atoms with Crippen LogP contribution in [0.25, 0.3) is 0 Å². The Morgan fingerprint density at radius 2 is 2.14 bits per heavy atom. The maximum atomic E-state index is 9.71. The molecule has 14 heavy (non-hydrogen) atoms. The van der Waals surface area contributed by atoms with Crippen LogP contribution in [0.15, 0.2) is 12.1 Å². The molecule has 2 N–H and O–H groups in total. The number of phenolic OH excluding ortho intramolecular Hbond substituents is 1. The third-order valence-electron chi connectivity index (χ3n) is 3.12. The van der Waals surface area contributed by atoms with E-state index in [1.54, 1.807) is 0 Å². The number of phenols is 1. The molecule has 2 nitrogen and oxygen atoms in total. The van der Waals surface area contributed by atoms with Gasteiger partial charge in [-0.05, 0) is 56.0 Å². The van der Waals surface area contributed by atoms with Gasteiger partial charge >= 0.3 is 0 Å². The van der Waals surface area contributed by atoms with Crippen LogP contribution in [0.4, 0.5) is 0 Å². The van der Waals surface area contributed by atoms with Crippen LogP contribution in [0, 0.1) is 13.8 Å². The fourth-order valence-electron chi connectivity index (χ4n) is 2.04. The van der Waals surface area contributed by atoms with Gasteiger partial charge in [-0.2, -0.15) is 0 Å². The Balaban J connectivity index is 2.34. The predicted octanol–water partition coefficient (Wildman–Crippen LogP) is 2.43. The molecule has 1 aliphatic rings. The molecule has 0 saturated carbocycles. The van der Waals surface area contributed by atoms with Crippen LogP contribution in [-0.2, 0) is 0 Å². The van der Waals surface area contributed by atoms with Gasteiger partial charge in [0.2, 0.25) is 0 Å². The van der Waals surface area contributed by atoms with Crippen LogP contribution in [-0.4, -0.2) is 11.7 Å². The van der Waals surface area contributed by atoms with Gasteiger partial charge in [-0.15, -0.1) is 0 Å². The Labute approximate surface area is 85.0 Å². The molecule has 0 bridgehead atoms. The van der Waals surface area contributed by atoms with Crippen LogP contribution >= 0.6 is 0 Å². The Morgan fingerprint density at radius 3 is 2.71 bits per heavy atom. The van der Waals surface area contributed by atoms with Crippen molar-refractivity contribution in [2.75, 3.05) is 6.54 Å². The zero-order valence-electron chi connectivity index (χ0n) is 8.80. The minimum absolute atomic E-state index is 0.425.